The van der Waals surface area contributed by atoms with Crippen molar-refractivity contribution in [3.8, 4) is 0 Å². The van der Waals surface area contributed by atoms with E-state index in [1.165, 1.54) is 12.8 Å². The Morgan fingerprint density at radius 2 is 2.21 bits per heavy atom. The van der Waals surface area contributed by atoms with Gasteiger partial charge in [-0.05, 0) is 38.1 Å². The van der Waals surface area contributed by atoms with Crippen molar-refractivity contribution in [1.29, 1.82) is 0 Å². The fourth-order valence-corrected chi connectivity index (χ4v) is 2.45. The summed E-state index contributed by atoms with van der Waals surface area (Å²) in [5.41, 5.74) is 0. The smallest absolute Gasteiger partial charge is 0.320 e. The number of hydrogen-bond donors (Lipinski definition) is 1. The van der Waals surface area contributed by atoms with E-state index in [1.54, 1.807) is 0 Å². The second-order valence-corrected chi connectivity index (χ2v) is 4.30. The van der Waals surface area contributed by atoms with Gasteiger partial charge >= 0.3 is 5.97 Å². The highest BCUT2D eigenvalue weighted by molar-refractivity contribution is 5.73. The van der Waals surface area contributed by atoms with Crippen molar-refractivity contribution < 1.29 is 9.90 Å². The molecule has 0 amide bonds. The monoisotopic (exact) mass is 195 g/mol. The standard InChI is InChI=1S/C11H17NO2/c1-2-9(8-5-6-8)12-7-3-4-10(12)11(13)14/h2,8-10H,1,3-7H2,(H,13,14). The molecule has 1 saturated heterocycles. The Morgan fingerprint density at radius 3 is 2.71 bits per heavy atom. The molecule has 2 unspecified atom stereocenters. The molecular formula is C11H17NO2. The molecule has 1 aliphatic heterocycles. The zero-order valence-corrected chi connectivity index (χ0v) is 8.35. The fraction of sp³-hybridized carbons (Fsp3) is 0.727. The molecule has 0 aromatic carbocycles. The Hall–Kier alpha value is -0.830. The predicted octanol–water partition coefficient (Wildman–Crippen LogP) is 1.50. The molecule has 3 nitrogen and oxygen atoms in total. The van der Waals surface area contributed by atoms with E-state index in [0.717, 1.165) is 19.4 Å². The largest absolute Gasteiger partial charge is 0.480 e. The van der Waals surface area contributed by atoms with Gasteiger partial charge in [0, 0.05) is 6.04 Å². The number of nitrogens with zero attached hydrogens (tertiary/aromatic N) is 1. The minimum atomic E-state index is -0.671. The van der Waals surface area contributed by atoms with E-state index < -0.39 is 5.97 Å². The molecule has 0 radical (unpaired) electrons. The summed E-state index contributed by atoms with van der Waals surface area (Å²) in [7, 11) is 0. The molecule has 0 aromatic heterocycles. The zero-order chi connectivity index (χ0) is 10.1. The van der Waals surface area contributed by atoms with Crippen LogP contribution in [0.5, 0.6) is 0 Å². The maximum atomic E-state index is 11.0. The highest BCUT2D eigenvalue weighted by Crippen LogP contribution is 2.38. The number of likely N-dealkylation sites (tertiary alicyclic amines) is 1. The summed E-state index contributed by atoms with van der Waals surface area (Å²) in [6, 6.07) is 0.0391. The molecule has 2 aliphatic rings. The lowest BCUT2D eigenvalue weighted by molar-refractivity contribution is -0.142. The van der Waals surface area contributed by atoms with Crippen LogP contribution in [0.15, 0.2) is 12.7 Å². The van der Waals surface area contributed by atoms with Gasteiger partial charge in [0.15, 0.2) is 0 Å². The Kier molecular flexibility index (Phi) is 2.59. The molecular weight excluding hydrogens is 178 g/mol. The van der Waals surface area contributed by atoms with Gasteiger partial charge in [-0.2, -0.15) is 0 Å². The van der Waals surface area contributed by atoms with E-state index in [9.17, 15) is 4.79 Å². The van der Waals surface area contributed by atoms with Gasteiger partial charge < -0.3 is 5.11 Å². The first kappa shape index (κ1) is 9.71. The highest BCUT2D eigenvalue weighted by Gasteiger charge is 2.40. The number of aliphatic carboxylic acids is 1. The molecule has 2 atom stereocenters. The molecule has 0 bridgehead atoms. The van der Waals surface area contributed by atoms with Crippen LogP contribution in [0.2, 0.25) is 0 Å². The van der Waals surface area contributed by atoms with E-state index in [-0.39, 0.29) is 6.04 Å². The van der Waals surface area contributed by atoms with Crippen LogP contribution in [-0.2, 0) is 4.79 Å². The molecule has 1 saturated carbocycles. The summed E-state index contributed by atoms with van der Waals surface area (Å²) in [5.74, 6) is 0.00227. The topological polar surface area (TPSA) is 40.5 Å². The van der Waals surface area contributed by atoms with Gasteiger partial charge in [0.1, 0.15) is 6.04 Å². The summed E-state index contributed by atoms with van der Waals surface area (Å²) in [6.45, 7) is 4.75. The summed E-state index contributed by atoms with van der Waals surface area (Å²) < 4.78 is 0. The predicted molar refractivity (Wildman–Crippen MR) is 54.1 cm³/mol. The van der Waals surface area contributed by atoms with Crippen LogP contribution >= 0.6 is 0 Å². The second-order valence-electron chi connectivity index (χ2n) is 4.30. The van der Waals surface area contributed by atoms with Crippen LogP contribution in [0, 0.1) is 5.92 Å². The first-order valence-electron chi connectivity index (χ1n) is 5.35. The van der Waals surface area contributed by atoms with Gasteiger partial charge in [-0.3, -0.25) is 9.69 Å². The van der Waals surface area contributed by atoms with E-state index in [4.69, 9.17) is 5.11 Å². The van der Waals surface area contributed by atoms with E-state index in [0.29, 0.717) is 12.0 Å². The normalized spacial score (nSPS) is 30.1. The van der Waals surface area contributed by atoms with Gasteiger partial charge in [-0.15, -0.1) is 6.58 Å². The molecule has 1 aliphatic carbocycles. The molecule has 2 rings (SSSR count). The SMILES string of the molecule is C=CC(C1CC1)N1CCCC1C(=O)O. The van der Waals surface area contributed by atoms with Gasteiger partial charge in [0.05, 0.1) is 0 Å². The first-order chi connectivity index (χ1) is 6.74. The fourth-order valence-electron chi connectivity index (χ4n) is 2.45. The summed E-state index contributed by atoms with van der Waals surface area (Å²) in [4.78, 5) is 13.1. The highest BCUT2D eigenvalue weighted by atomic mass is 16.4. The number of carboxylic acids is 1. The van der Waals surface area contributed by atoms with Crippen molar-refractivity contribution in [2.45, 2.75) is 37.8 Å². The third kappa shape index (κ3) is 1.69. The van der Waals surface area contributed by atoms with Crippen molar-refractivity contribution in [2.24, 2.45) is 5.92 Å². The molecule has 0 spiro atoms. The molecule has 2 fully saturated rings. The number of carbonyl (C=O) groups is 1. The van der Waals surface area contributed by atoms with Crippen molar-refractivity contribution in [1.82, 2.24) is 4.90 Å². The van der Waals surface area contributed by atoms with Gasteiger partial charge in [0.2, 0.25) is 0 Å². The first-order valence-corrected chi connectivity index (χ1v) is 5.35. The Labute approximate surface area is 84.4 Å². The Bertz CT molecular complexity index is 248. The van der Waals surface area contributed by atoms with Crippen LogP contribution in [-0.4, -0.2) is 34.6 Å². The zero-order valence-electron chi connectivity index (χ0n) is 8.35. The minimum absolute atomic E-state index is 0.265. The third-order valence-corrected chi connectivity index (χ3v) is 3.31. The molecule has 1 N–H and O–H groups in total. The van der Waals surface area contributed by atoms with E-state index in [2.05, 4.69) is 11.5 Å². The van der Waals surface area contributed by atoms with Crippen LogP contribution in [0.25, 0.3) is 0 Å². The Morgan fingerprint density at radius 1 is 1.50 bits per heavy atom. The maximum Gasteiger partial charge on any atom is 0.320 e. The lowest BCUT2D eigenvalue weighted by Crippen LogP contribution is -2.43. The Balaban J connectivity index is 2.06. The van der Waals surface area contributed by atoms with Crippen LogP contribution in [0.4, 0.5) is 0 Å². The number of carboxylic acid groups (broad SMARTS) is 1. The van der Waals surface area contributed by atoms with Crippen molar-refractivity contribution in [3.63, 3.8) is 0 Å². The average Bonchev–Trinajstić information content (AvgIpc) is 2.84. The molecule has 3 heteroatoms. The van der Waals surface area contributed by atoms with Gasteiger partial charge in [-0.1, -0.05) is 6.08 Å². The van der Waals surface area contributed by atoms with Crippen LogP contribution in [0.1, 0.15) is 25.7 Å². The van der Waals surface area contributed by atoms with Crippen molar-refractivity contribution in [2.75, 3.05) is 6.54 Å². The van der Waals surface area contributed by atoms with Crippen LogP contribution < -0.4 is 0 Å². The number of hydrogen-bond acceptors (Lipinski definition) is 2. The molecule has 78 valence electrons. The molecule has 1 heterocycles. The minimum Gasteiger partial charge on any atom is -0.480 e. The lowest BCUT2D eigenvalue weighted by atomic mass is 10.1. The van der Waals surface area contributed by atoms with Crippen LogP contribution in [0.3, 0.4) is 0 Å². The summed E-state index contributed by atoms with van der Waals surface area (Å²) in [5, 5.41) is 9.05. The number of rotatable bonds is 4. The third-order valence-electron chi connectivity index (χ3n) is 3.31. The van der Waals surface area contributed by atoms with Crippen molar-refractivity contribution in [3.05, 3.63) is 12.7 Å². The van der Waals surface area contributed by atoms with Crippen molar-refractivity contribution >= 4 is 5.97 Å². The van der Waals surface area contributed by atoms with E-state index in [1.807, 2.05) is 6.08 Å². The molecule has 14 heavy (non-hydrogen) atoms. The quantitative estimate of drug-likeness (QED) is 0.691. The summed E-state index contributed by atoms with van der Waals surface area (Å²) >= 11 is 0. The van der Waals surface area contributed by atoms with Gasteiger partial charge in [0.25, 0.3) is 0 Å². The molecule has 0 aromatic rings. The summed E-state index contributed by atoms with van der Waals surface area (Å²) in [6.07, 6.45) is 6.21. The average molecular weight is 195 g/mol. The maximum absolute atomic E-state index is 11.0. The van der Waals surface area contributed by atoms with Gasteiger partial charge in [-0.25, -0.2) is 0 Å². The second kappa shape index (κ2) is 3.73. The van der Waals surface area contributed by atoms with E-state index >= 15 is 0 Å². The lowest BCUT2D eigenvalue weighted by Gasteiger charge is -2.28.